The molecule has 2 unspecified atom stereocenters. The highest BCUT2D eigenvalue weighted by molar-refractivity contribution is 5.57. The van der Waals surface area contributed by atoms with Gasteiger partial charge in [0.25, 0.3) is 0 Å². The molecule has 102 valence electrons. The highest BCUT2D eigenvalue weighted by atomic mass is 16.5. The molecule has 0 aromatic heterocycles. The van der Waals surface area contributed by atoms with Crippen LogP contribution in [0.2, 0.25) is 0 Å². The highest BCUT2D eigenvalue weighted by Crippen LogP contribution is 2.40. The molecule has 0 spiro atoms. The average molecular weight is 258 g/mol. The van der Waals surface area contributed by atoms with Gasteiger partial charge in [0.2, 0.25) is 0 Å². The Hall–Kier alpha value is -1.69. The maximum atomic E-state index is 8.86. The van der Waals surface area contributed by atoms with Crippen molar-refractivity contribution in [2.75, 3.05) is 5.73 Å². The lowest BCUT2D eigenvalue weighted by atomic mass is 9.71. The maximum Gasteiger partial charge on any atom is 0.121 e. The van der Waals surface area contributed by atoms with Gasteiger partial charge in [-0.2, -0.15) is 5.26 Å². The molecule has 1 aromatic rings. The first-order valence-electron chi connectivity index (χ1n) is 6.86. The molecule has 1 aliphatic rings. The molecule has 2 rings (SSSR count). The summed E-state index contributed by atoms with van der Waals surface area (Å²) >= 11 is 0. The minimum Gasteiger partial charge on any atom is -0.490 e. The minimum atomic E-state index is 0.242. The first-order chi connectivity index (χ1) is 8.89. The van der Waals surface area contributed by atoms with E-state index in [1.165, 1.54) is 6.42 Å². The topological polar surface area (TPSA) is 59.0 Å². The van der Waals surface area contributed by atoms with Crippen LogP contribution in [0.25, 0.3) is 0 Å². The summed E-state index contributed by atoms with van der Waals surface area (Å²) < 4.78 is 6.05. The van der Waals surface area contributed by atoms with E-state index in [0.717, 1.165) is 18.6 Å². The predicted octanol–water partition coefficient (Wildman–Crippen LogP) is 3.73. The number of benzene rings is 1. The van der Waals surface area contributed by atoms with Gasteiger partial charge in [0, 0.05) is 6.07 Å². The van der Waals surface area contributed by atoms with Crippen LogP contribution >= 0.6 is 0 Å². The van der Waals surface area contributed by atoms with Gasteiger partial charge >= 0.3 is 0 Å². The van der Waals surface area contributed by atoms with Crippen molar-refractivity contribution in [1.82, 2.24) is 0 Å². The van der Waals surface area contributed by atoms with E-state index in [1.807, 2.05) is 6.07 Å². The van der Waals surface area contributed by atoms with Crippen LogP contribution in [0.5, 0.6) is 5.75 Å². The van der Waals surface area contributed by atoms with E-state index in [9.17, 15) is 0 Å². The molecule has 0 saturated heterocycles. The molecule has 3 heteroatoms. The second-order valence-corrected chi connectivity index (χ2v) is 6.51. The monoisotopic (exact) mass is 258 g/mol. The van der Waals surface area contributed by atoms with Gasteiger partial charge in [-0.05, 0) is 42.7 Å². The number of nitriles is 1. The van der Waals surface area contributed by atoms with Gasteiger partial charge in [-0.15, -0.1) is 0 Å². The van der Waals surface area contributed by atoms with Crippen molar-refractivity contribution < 1.29 is 4.74 Å². The minimum absolute atomic E-state index is 0.242. The molecular formula is C16H22N2O. The third-order valence-electron chi connectivity index (χ3n) is 3.79. The number of hydrogen-bond donors (Lipinski definition) is 1. The van der Waals surface area contributed by atoms with Gasteiger partial charge < -0.3 is 10.5 Å². The molecule has 2 N–H and O–H groups in total. The lowest BCUT2D eigenvalue weighted by Crippen LogP contribution is -2.34. The Bertz CT molecular complexity index is 502. The zero-order valence-electron chi connectivity index (χ0n) is 11.9. The number of hydrogen-bond acceptors (Lipinski definition) is 3. The summed E-state index contributed by atoms with van der Waals surface area (Å²) in [5, 5.41) is 8.86. The Morgan fingerprint density at radius 2 is 2.11 bits per heavy atom. The highest BCUT2D eigenvalue weighted by Gasteiger charge is 2.33. The van der Waals surface area contributed by atoms with Crippen LogP contribution < -0.4 is 10.5 Å². The van der Waals surface area contributed by atoms with E-state index in [4.69, 9.17) is 15.7 Å². The summed E-state index contributed by atoms with van der Waals surface area (Å²) in [5.41, 5.74) is 7.14. The molecule has 0 amide bonds. The molecule has 0 aliphatic heterocycles. The van der Waals surface area contributed by atoms with Crippen molar-refractivity contribution in [3.8, 4) is 11.8 Å². The quantitative estimate of drug-likeness (QED) is 0.822. The smallest absolute Gasteiger partial charge is 0.121 e. The third kappa shape index (κ3) is 3.41. The van der Waals surface area contributed by atoms with Crippen LogP contribution in [0.15, 0.2) is 18.2 Å². The number of nitrogen functional groups attached to an aromatic ring is 1. The van der Waals surface area contributed by atoms with E-state index < -0.39 is 0 Å². The van der Waals surface area contributed by atoms with Crippen LogP contribution in [0, 0.1) is 22.7 Å². The summed E-state index contributed by atoms with van der Waals surface area (Å²) in [6.07, 6.45) is 3.65. The Morgan fingerprint density at radius 1 is 1.37 bits per heavy atom. The van der Waals surface area contributed by atoms with Crippen LogP contribution in [-0.2, 0) is 0 Å². The molecule has 0 radical (unpaired) electrons. The van der Waals surface area contributed by atoms with Crippen LogP contribution in [0.4, 0.5) is 5.69 Å². The SMILES string of the molecule is CC1CC(Oc2ccc(C#N)c(N)c2)CC(C)(C)C1. The van der Waals surface area contributed by atoms with Crippen LogP contribution in [0.1, 0.15) is 45.6 Å². The van der Waals surface area contributed by atoms with Crippen molar-refractivity contribution in [2.24, 2.45) is 11.3 Å². The fourth-order valence-corrected chi connectivity index (χ4v) is 3.26. The van der Waals surface area contributed by atoms with Crippen molar-refractivity contribution >= 4 is 5.69 Å². The van der Waals surface area contributed by atoms with Crippen molar-refractivity contribution in [3.05, 3.63) is 23.8 Å². The molecule has 1 aromatic carbocycles. The van der Waals surface area contributed by atoms with E-state index in [0.29, 0.717) is 22.6 Å². The van der Waals surface area contributed by atoms with E-state index in [1.54, 1.807) is 12.1 Å². The Kier molecular flexibility index (Phi) is 3.71. The average Bonchev–Trinajstić information content (AvgIpc) is 2.26. The molecule has 0 heterocycles. The zero-order chi connectivity index (χ0) is 14.0. The number of ether oxygens (including phenoxy) is 1. The van der Waals surface area contributed by atoms with Gasteiger partial charge in [0.15, 0.2) is 0 Å². The first-order valence-corrected chi connectivity index (χ1v) is 6.86. The molecule has 2 atom stereocenters. The molecule has 1 fully saturated rings. The number of anilines is 1. The van der Waals surface area contributed by atoms with Crippen molar-refractivity contribution in [3.63, 3.8) is 0 Å². The van der Waals surface area contributed by atoms with Gasteiger partial charge in [0.1, 0.15) is 11.8 Å². The number of nitrogens with two attached hydrogens (primary N) is 1. The standard InChI is InChI=1S/C16H22N2O/c1-11-6-14(9-16(2,3)8-11)19-13-5-4-12(10-17)15(18)7-13/h4-5,7,11,14H,6,8-9,18H2,1-3H3. The Morgan fingerprint density at radius 3 is 2.68 bits per heavy atom. The first kappa shape index (κ1) is 13.7. The number of rotatable bonds is 2. The lowest BCUT2D eigenvalue weighted by Gasteiger charge is -2.38. The van der Waals surface area contributed by atoms with Crippen LogP contribution in [-0.4, -0.2) is 6.10 Å². The van der Waals surface area contributed by atoms with E-state index in [-0.39, 0.29) is 6.10 Å². The largest absolute Gasteiger partial charge is 0.490 e. The third-order valence-corrected chi connectivity index (χ3v) is 3.79. The fraction of sp³-hybridized carbons (Fsp3) is 0.562. The molecule has 19 heavy (non-hydrogen) atoms. The van der Waals surface area contributed by atoms with Gasteiger partial charge in [-0.25, -0.2) is 0 Å². The second-order valence-electron chi connectivity index (χ2n) is 6.51. The summed E-state index contributed by atoms with van der Waals surface area (Å²) in [6, 6.07) is 7.38. The summed E-state index contributed by atoms with van der Waals surface area (Å²) in [7, 11) is 0. The van der Waals surface area contributed by atoms with Crippen LogP contribution in [0.3, 0.4) is 0 Å². The van der Waals surface area contributed by atoms with Gasteiger partial charge in [-0.1, -0.05) is 20.8 Å². The second kappa shape index (κ2) is 5.13. The molecular weight excluding hydrogens is 236 g/mol. The molecule has 1 saturated carbocycles. The predicted molar refractivity (Wildman–Crippen MR) is 76.8 cm³/mol. The summed E-state index contributed by atoms with van der Waals surface area (Å²) in [6.45, 7) is 6.88. The molecule has 3 nitrogen and oxygen atoms in total. The lowest BCUT2D eigenvalue weighted by molar-refractivity contribution is 0.0563. The summed E-state index contributed by atoms with van der Waals surface area (Å²) in [4.78, 5) is 0. The van der Waals surface area contributed by atoms with E-state index in [2.05, 4.69) is 26.8 Å². The normalized spacial score (nSPS) is 25.6. The van der Waals surface area contributed by atoms with Crippen molar-refractivity contribution in [1.29, 1.82) is 5.26 Å². The fourth-order valence-electron chi connectivity index (χ4n) is 3.26. The van der Waals surface area contributed by atoms with Crippen molar-refractivity contribution in [2.45, 2.75) is 46.1 Å². The Balaban J connectivity index is 2.09. The molecule has 0 bridgehead atoms. The maximum absolute atomic E-state index is 8.86. The van der Waals surface area contributed by atoms with Gasteiger partial charge in [-0.3, -0.25) is 0 Å². The van der Waals surface area contributed by atoms with E-state index >= 15 is 0 Å². The van der Waals surface area contributed by atoms with Gasteiger partial charge in [0.05, 0.1) is 17.4 Å². The number of nitrogens with zero attached hydrogens (tertiary/aromatic N) is 1. The zero-order valence-corrected chi connectivity index (χ0v) is 11.9. The Labute approximate surface area is 115 Å². The summed E-state index contributed by atoms with van der Waals surface area (Å²) in [5.74, 6) is 1.45. The molecule has 1 aliphatic carbocycles.